The smallest absolute Gasteiger partial charge is 0.354 e. The predicted octanol–water partition coefficient (Wildman–Crippen LogP) is 5.36. The SMILES string of the molecule is CCC(C(=O)NCC(C)C)N(Cc1c(Cl)cccc1Cl)C(=O)CN(c1cccc(C(F)(F)F)c1)S(C)(=O)=O. The normalized spacial score (nSPS) is 12.8. The van der Waals surface area contributed by atoms with Gasteiger partial charge in [0.1, 0.15) is 12.6 Å². The summed E-state index contributed by atoms with van der Waals surface area (Å²) in [5, 5.41) is 3.22. The first-order valence-electron chi connectivity index (χ1n) is 11.7. The fourth-order valence-electron chi connectivity index (χ4n) is 3.65. The molecule has 13 heteroatoms. The van der Waals surface area contributed by atoms with Gasteiger partial charge >= 0.3 is 6.18 Å². The number of carbonyl (C=O) groups is 2. The molecule has 0 fully saturated rings. The Morgan fingerprint density at radius 3 is 2.13 bits per heavy atom. The van der Waals surface area contributed by atoms with Gasteiger partial charge in [0, 0.05) is 28.7 Å². The Balaban J connectivity index is 2.53. The highest BCUT2D eigenvalue weighted by Crippen LogP contribution is 2.32. The van der Waals surface area contributed by atoms with Crippen molar-refractivity contribution in [3.8, 4) is 0 Å². The lowest BCUT2D eigenvalue weighted by atomic mass is 10.1. The summed E-state index contributed by atoms with van der Waals surface area (Å²) in [5.74, 6) is -1.17. The summed E-state index contributed by atoms with van der Waals surface area (Å²) in [6, 6.07) is 7.33. The van der Waals surface area contributed by atoms with Crippen LogP contribution in [0.4, 0.5) is 18.9 Å². The van der Waals surface area contributed by atoms with Crippen LogP contribution in [0.2, 0.25) is 10.0 Å². The highest BCUT2D eigenvalue weighted by atomic mass is 35.5. The Morgan fingerprint density at radius 1 is 1.05 bits per heavy atom. The summed E-state index contributed by atoms with van der Waals surface area (Å²) < 4.78 is 65.7. The molecule has 0 aromatic heterocycles. The van der Waals surface area contributed by atoms with Crippen LogP contribution in [0.1, 0.15) is 38.3 Å². The molecule has 1 unspecified atom stereocenters. The van der Waals surface area contributed by atoms with Gasteiger partial charge in [0.25, 0.3) is 0 Å². The number of benzene rings is 2. The minimum atomic E-state index is -4.72. The quantitative estimate of drug-likeness (QED) is 0.379. The van der Waals surface area contributed by atoms with E-state index in [9.17, 15) is 31.2 Å². The molecule has 210 valence electrons. The van der Waals surface area contributed by atoms with Crippen LogP contribution in [0.5, 0.6) is 0 Å². The molecule has 0 aliphatic carbocycles. The maximum absolute atomic E-state index is 13.7. The minimum Gasteiger partial charge on any atom is -0.354 e. The fourth-order valence-corrected chi connectivity index (χ4v) is 5.01. The van der Waals surface area contributed by atoms with Gasteiger partial charge in [-0.25, -0.2) is 8.42 Å². The van der Waals surface area contributed by atoms with E-state index in [-0.39, 0.29) is 34.6 Å². The Hall–Kier alpha value is -2.50. The van der Waals surface area contributed by atoms with Gasteiger partial charge in [0.2, 0.25) is 21.8 Å². The molecule has 2 rings (SSSR count). The summed E-state index contributed by atoms with van der Waals surface area (Å²) in [6.07, 6.45) is -3.78. The maximum atomic E-state index is 13.7. The molecule has 0 radical (unpaired) electrons. The second-order valence-corrected chi connectivity index (χ2v) is 11.8. The fraction of sp³-hybridized carbons (Fsp3) is 0.440. The van der Waals surface area contributed by atoms with E-state index >= 15 is 0 Å². The van der Waals surface area contributed by atoms with Crippen molar-refractivity contribution in [2.45, 2.75) is 46.0 Å². The average Bonchev–Trinajstić information content (AvgIpc) is 2.81. The van der Waals surface area contributed by atoms with Gasteiger partial charge in [-0.05, 0) is 42.7 Å². The average molecular weight is 596 g/mol. The standard InChI is InChI=1S/C25H30Cl2F3N3O4S/c1-5-22(24(35)31-13-16(2)3)32(14-19-20(26)10-7-11-21(19)27)23(34)15-33(38(4,36)37)18-9-6-8-17(12-18)25(28,29)30/h6-12,16,22H,5,13-15H2,1-4H3,(H,31,35). The van der Waals surface area contributed by atoms with Gasteiger partial charge in [0.05, 0.1) is 17.5 Å². The van der Waals surface area contributed by atoms with E-state index in [1.165, 1.54) is 0 Å². The molecule has 0 spiro atoms. The third-order valence-electron chi connectivity index (χ3n) is 5.60. The van der Waals surface area contributed by atoms with Crippen molar-refractivity contribution in [1.29, 1.82) is 0 Å². The van der Waals surface area contributed by atoms with Crippen LogP contribution in [-0.4, -0.2) is 50.5 Å². The molecule has 2 amide bonds. The predicted molar refractivity (Wildman–Crippen MR) is 143 cm³/mol. The number of alkyl halides is 3. The summed E-state index contributed by atoms with van der Waals surface area (Å²) in [7, 11) is -4.21. The highest BCUT2D eigenvalue weighted by Gasteiger charge is 2.34. The molecule has 2 aromatic carbocycles. The van der Waals surface area contributed by atoms with Gasteiger partial charge in [-0.2, -0.15) is 13.2 Å². The van der Waals surface area contributed by atoms with E-state index in [2.05, 4.69) is 5.32 Å². The van der Waals surface area contributed by atoms with Crippen LogP contribution in [0, 0.1) is 5.92 Å². The van der Waals surface area contributed by atoms with Crippen molar-refractivity contribution in [2.24, 2.45) is 5.92 Å². The van der Waals surface area contributed by atoms with Crippen molar-refractivity contribution < 1.29 is 31.2 Å². The minimum absolute atomic E-state index is 0.125. The highest BCUT2D eigenvalue weighted by molar-refractivity contribution is 7.92. The largest absolute Gasteiger partial charge is 0.416 e. The number of nitrogens with one attached hydrogen (secondary N) is 1. The van der Waals surface area contributed by atoms with Gasteiger partial charge in [0.15, 0.2) is 0 Å². The van der Waals surface area contributed by atoms with E-state index < -0.39 is 46.2 Å². The topological polar surface area (TPSA) is 86.8 Å². The summed E-state index contributed by atoms with van der Waals surface area (Å²) >= 11 is 12.6. The number of amides is 2. The van der Waals surface area contributed by atoms with Gasteiger partial charge < -0.3 is 10.2 Å². The van der Waals surface area contributed by atoms with Crippen LogP contribution >= 0.6 is 23.2 Å². The zero-order valence-corrected chi connectivity index (χ0v) is 23.7. The van der Waals surface area contributed by atoms with Gasteiger partial charge in [-0.1, -0.05) is 56.1 Å². The molecule has 0 saturated carbocycles. The van der Waals surface area contributed by atoms with E-state index in [0.717, 1.165) is 29.4 Å². The molecule has 1 N–H and O–H groups in total. The second kappa shape index (κ2) is 13.0. The first-order valence-corrected chi connectivity index (χ1v) is 14.3. The molecule has 0 aliphatic heterocycles. The Morgan fingerprint density at radius 2 is 1.63 bits per heavy atom. The summed E-state index contributed by atoms with van der Waals surface area (Å²) in [5.41, 5.74) is -1.08. The van der Waals surface area contributed by atoms with Crippen molar-refractivity contribution in [3.63, 3.8) is 0 Å². The molecule has 0 heterocycles. The first-order chi connectivity index (χ1) is 17.6. The van der Waals surface area contributed by atoms with Crippen LogP contribution in [0.15, 0.2) is 42.5 Å². The number of sulfonamides is 1. The number of anilines is 1. The molecule has 7 nitrogen and oxygen atoms in total. The van der Waals surface area contributed by atoms with Crippen molar-refractivity contribution in [3.05, 3.63) is 63.6 Å². The van der Waals surface area contributed by atoms with Crippen LogP contribution in [-0.2, 0) is 32.3 Å². The third kappa shape index (κ3) is 8.51. The van der Waals surface area contributed by atoms with E-state index in [1.807, 2.05) is 13.8 Å². The number of nitrogens with zero attached hydrogens (tertiary/aromatic N) is 2. The Kier molecular flexibility index (Phi) is 10.9. The molecule has 38 heavy (non-hydrogen) atoms. The monoisotopic (exact) mass is 595 g/mol. The van der Waals surface area contributed by atoms with Gasteiger partial charge in [-0.3, -0.25) is 13.9 Å². The van der Waals surface area contributed by atoms with Crippen molar-refractivity contribution >= 4 is 50.7 Å². The molecule has 0 saturated heterocycles. The lowest BCUT2D eigenvalue weighted by molar-refractivity contribution is -0.140. The number of hydrogen-bond donors (Lipinski definition) is 1. The number of halogens is 5. The number of carbonyl (C=O) groups excluding carboxylic acids is 2. The molecule has 0 aliphatic rings. The maximum Gasteiger partial charge on any atom is 0.416 e. The molecular weight excluding hydrogens is 566 g/mol. The van der Waals surface area contributed by atoms with E-state index in [4.69, 9.17) is 23.2 Å². The van der Waals surface area contributed by atoms with Crippen LogP contribution < -0.4 is 9.62 Å². The lowest BCUT2D eigenvalue weighted by Crippen LogP contribution is -2.52. The van der Waals surface area contributed by atoms with Gasteiger partial charge in [-0.15, -0.1) is 0 Å². The molecular formula is C25H30Cl2F3N3O4S. The molecule has 0 bridgehead atoms. The van der Waals surface area contributed by atoms with E-state index in [0.29, 0.717) is 22.5 Å². The lowest BCUT2D eigenvalue weighted by Gasteiger charge is -2.33. The summed E-state index contributed by atoms with van der Waals surface area (Å²) in [4.78, 5) is 27.9. The zero-order valence-electron chi connectivity index (χ0n) is 21.4. The van der Waals surface area contributed by atoms with Crippen LogP contribution in [0.25, 0.3) is 0 Å². The van der Waals surface area contributed by atoms with E-state index in [1.54, 1.807) is 25.1 Å². The number of hydrogen-bond acceptors (Lipinski definition) is 4. The first kappa shape index (κ1) is 31.7. The summed E-state index contributed by atoms with van der Waals surface area (Å²) in [6.45, 7) is 4.72. The number of rotatable bonds is 11. The third-order valence-corrected chi connectivity index (χ3v) is 7.45. The second-order valence-electron chi connectivity index (χ2n) is 9.10. The molecule has 2 aromatic rings. The Labute approximate surface area is 230 Å². The van der Waals surface area contributed by atoms with Crippen molar-refractivity contribution in [2.75, 3.05) is 23.7 Å². The zero-order chi connectivity index (χ0) is 28.8. The van der Waals surface area contributed by atoms with Crippen molar-refractivity contribution in [1.82, 2.24) is 10.2 Å². The molecule has 1 atom stereocenters. The van der Waals surface area contributed by atoms with Crippen LogP contribution in [0.3, 0.4) is 0 Å². The Bertz CT molecular complexity index is 1240.